The molecule has 160 valence electrons. The third-order valence-electron chi connectivity index (χ3n) is 6.37. The molecule has 7 heteroatoms. The number of aromatic nitrogens is 6. The van der Waals surface area contributed by atoms with Crippen molar-refractivity contribution >= 4 is 11.0 Å². The van der Waals surface area contributed by atoms with Gasteiger partial charge in [-0.3, -0.25) is 4.68 Å². The first-order valence-corrected chi connectivity index (χ1v) is 10.9. The molecule has 1 atom stereocenters. The summed E-state index contributed by atoms with van der Waals surface area (Å²) < 4.78 is 17.7. The van der Waals surface area contributed by atoms with Crippen LogP contribution in [0, 0.1) is 12.7 Å². The Balaban J connectivity index is 1.39. The van der Waals surface area contributed by atoms with Crippen molar-refractivity contribution in [3.8, 4) is 22.6 Å². The van der Waals surface area contributed by atoms with Gasteiger partial charge in [0.05, 0.1) is 28.6 Å². The van der Waals surface area contributed by atoms with E-state index >= 15 is 0 Å². The Kier molecular flexibility index (Phi) is 4.24. The standard InChI is InChI=1S/C25H23FN6/c1-15-10-17(26)5-6-18(15)19-4-3-9-32-14-24(30-25(19)32)23-11-22-21(29-23)8-7-20(28-22)16-12-27-31(2)13-16/h5-8,10-14,19,29H,3-4,9H2,1-2H3. The van der Waals surface area contributed by atoms with Crippen LogP contribution in [-0.2, 0) is 13.6 Å². The Labute approximate surface area is 184 Å². The maximum absolute atomic E-state index is 13.6. The summed E-state index contributed by atoms with van der Waals surface area (Å²) in [7, 11) is 1.90. The number of imidazole rings is 1. The van der Waals surface area contributed by atoms with Crippen LogP contribution in [0.4, 0.5) is 4.39 Å². The van der Waals surface area contributed by atoms with E-state index in [2.05, 4.69) is 33.0 Å². The molecule has 0 saturated carbocycles. The maximum Gasteiger partial charge on any atom is 0.123 e. The molecule has 0 radical (unpaired) electrons. The quantitative estimate of drug-likeness (QED) is 0.431. The average Bonchev–Trinajstić information content (AvgIpc) is 3.50. The second kappa shape index (κ2) is 7.15. The molecule has 4 aromatic heterocycles. The van der Waals surface area contributed by atoms with Crippen LogP contribution in [0.5, 0.6) is 0 Å². The SMILES string of the molecule is Cc1cc(F)ccc1C1CCCn2cc(-c3cc4nc(-c5cnn(C)c5)ccc4[nH]3)nc21. The minimum absolute atomic E-state index is 0.179. The molecule has 0 fully saturated rings. The number of H-pyrrole nitrogens is 1. The number of halogens is 1. The summed E-state index contributed by atoms with van der Waals surface area (Å²) in [5.41, 5.74) is 7.76. The van der Waals surface area contributed by atoms with Crippen LogP contribution in [-0.4, -0.2) is 29.3 Å². The molecule has 1 N–H and O–H groups in total. The lowest BCUT2D eigenvalue weighted by molar-refractivity contribution is 0.478. The predicted molar refractivity (Wildman–Crippen MR) is 122 cm³/mol. The molecule has 5 aromatic rings. The van der Waals surface area contributed by atoms with Crippen LogP contribution in [0.15, 0.2) is 55.0 Å². The van der Waals surface area contributed by atoms with Gasteiger partial charge in [-0.15, -0.1) is 0 Å². The minimum atomic E-state index is -0.192. The lowest BCUT2D eigenvalue weighted by Crippen LogP contribution is -2.17. The number of nitrogens with zero attached hydrogens (tertiary/aromatic N) is 5. The van der Waals surface area contributed by atoms with E-state index in [0.29, 0.717) is 0 Å². The molecule has 0 saturated heterocycles. The van der Waals surface area contributed by atoms with E-state index in [0.717, 1.165) is 70.0 Å². The first-order chi connectivity index (χ1) is 15.5. The van der Waals surface area contributed by atoms with Gasteiger partial charge >= 0.3 is 0 Å². The molecule has 1 aromatic carbocycles. The number of rotatable bonds is 3. The maximum atomic E-state index is 13.6. The number of fused-ring (bicyclic) bond motifs is 2. The molecular formula is C25H23FN6. The second-order valence-corrected chi connectivity index (χ2v) is 8.59. The normalized spacial score (nSPS) is 15.9. The number of aromatic amines is 1. The average molecular weight is 426 g/mol. The molecule has 0 spiro atoms. The minimum Gasteiger partial charge on any atom is -0.352 e. The highest BCUT2D eigenvalue weighted by Crippen LogP contribution is 2.36. The first kappa shape index (κ1) is 19.0. The Bertz CT molecular complexity index is 1460. The number of hydrogen-bond donors (Lipinski definition) is 1. The molecule has 1 aliphatic rings. The molecule has 5 heterocycles. The third-order valence-corrected chi connectivity index (χ3v) is 6.37. The highest BCUT2D eigenvalue weighted by molar-refractivity contribution is 5.84. The fourth-order valence-corrected chi connectivity index (χ4v) is 4.80. The lowest BCUT2D eigenvalue weighted by Gasteiger charge is -2.25. The van der Waals surface area contributed by atoms with Crippen molar-refractivity contribution in [1.82, 2.24) is 29.3 Å². The van der Waals surface area contributed by atoms with Gasteiger partial charge in [0, 0.05) is 37.5 Å². The van der Waals surface area contributed by atoms with E-state index < -0.39 is 0 Å². The number of benzene rings is 1. The number of aryl methyl sites for hydroxylation is 3. The van der Waals surface area contributed by atoms with Crippen molar-refractivity contribution in [1.29, 1.82) is 0 Å². The molecule has 1 aliphatic heterocycles. The van der Waals surface area contributed by atoms with Crippen molar-refractivity contribution < 1.29 is 4.39 Å². The van der Waals surface area contributed by atoms with Gasteiger partial charge in [0.15, 0.2) is 0 Å². The monoisotopic (exact) mass is 426 g/mol. The third kappa shape index (κ3) is 3.12. The van der Waals surface area contributed by atoms with E-state index in [1.165, 1.54) is 0 Å². The van der Waals surface area contributed by atoms with E-state index in [1.807, 2.05) is 38.5 Å². The summed E-state index contributed by atoms with van der Waals surface area (Å²) in [5, 5.41) is 4.24. The van der Waals surface area contributed by atoms with Crippen molar-refractivity contribution in [3.05, 3.63) is 77.8 Å². The van der Waals surface area contributed by atoms with E-state index in [4.69, 9.17) is 9.97 Å². The van der Waals surface area contributed by atoms with E-state index in [9.17, 15) is 4.39 Å². The molecule has 0 amide bonds. The van der Waals surface area contributed by atoms with Crippen molar-refractivity contribution in [2.75, 3.05) is 0 Å². The molecule has 32 heavy (non-hydrogen) atoms. The summed E-state index contributed by atoms with van der Waals surface area (Å²) in [6.07, 6.45) is 8.00. The van der Waals surface area contributed by atoms with Gasteiger partial charge in [-0.2, -0.15) is 5.10 Å². The molecule has 0 aliphatic carbocycles. The summed E-state index contributed by atoms with van der Waals surface area (Å²) in [6, 6.07) is 11.2. The molecule has 6 rings (SSSR count). The van der Waals surface area contributed by atoms with E-state index in [-0.39, 0.29) is 11.7 Å². The van der Waals surface area contributed by atoms with Gasteiger partial charge in [-0.05, 0) is 61.2 Å². The molecular weight excluding hydrogens is 403 g/mol. The smallest absolute Gasteiger partial charge is 0.123 e. The Hall–Kier alpha value is -3.74. The van der Waals surface area contributed by atoms with Crippen LogP contribution in [0.1, 0.15) is 35.7 Å². The van der Waals surface area contributed by atoms with Gasteiger partial charge in [0.2, 0.25) is 0 Å². The van der Waals surface area contributed by atoms with Crippen molar-refractivity contribution in [3.63, 3.8) is 0 Å². The highest BCUT2D eigenvalue weighted by Gasteiger charge is 2.26. The van der Waals surface area contributed by atoms with Crippen LogP contribution in [0.3, 0.4) is 0 Å². The van der Waals surface area contributed by atoms with Crippen LogP contribution >= 0.6 is 0 Å². The van der Waals surface area contributed by atoms with Crippen molar-refractivity contribution in [2.45, 2.75) is 32.2 Å². The van der Waals surface area contributed by atoms with Gasteiger partial charge in [-0.1, -0.05) is 6.07 Å². The Morgan fingerprint density at radius 3 is 2.78 bits per heavy atom. The first-order valence-electron chi connectivity index (χ1n) is 10.9. The zero-order valence-corrected chi connectivity index (χ0v) is 18.0. The summed E-state index contributed by atoms with van der Waals surface area (Å²) in [5.74, 6) is 1.03. The largest absolute Gasteiger partial charge is 0.352 e. The zero-order valence-electron chi connectivity index (χ0n) is 18.0. The lowest BCUT2D eigenvalue weighted by atomic mass is 9.88. The molecule has 0 bridgehead atoms. The predicted octanol–water partition coefficient (Wildman–Crippen LogP) is 5.20. The number of hydrogen-bond acceptors (Lipinski definition) is 3. The highest BCUT2D eigenvalue weighted by atomic mass is 19.1. The summed E-state index contributed by atoms with van der Waals surface area (Å²) in [6.45, 7) is 2.92. The van der Waals surface area contributed by atoms with Gasteiger partial charge in [-0.25, -0.2) is 14.4 Å². The van der Waals surface area contributed by atoms with Crippen LogP contribution < -0.4 is 0 Å². The molecule has 6 nitrogen and oxygen atoms in total. The summed E-state index contributed by atoms with van der Waals surface area (Å²) >= 11 is 0. The Morgan fingerprint density at radius 2 is 1.97 bits per heavy atom. The van der Waals surface area contributed by atoms with Crippen LogP contribution in [0.25, 0.3) is 33.7 Å². The van der Waals surface area contributed by atoms with E-state index in [1.54, 1.807) is 16.8 Å². The summed E-state index contributed by atoms with van der Waals surface area (Å²) in [4.78, 5) is 13.3. The fraction of sp³-hybridized carbons (Fsp3) is 0.240. The van der Waals surface area contributed by atoms with Crippen LogP contribution in [0.2, 0.25) is 0 Å². The second-order valence-electron chi connectivity index (χ2n) is 8.59. The number of pyridine rings is 1. The Morgan fingerprint density at radius 1 is 1.06 bits per heavy atom. The number of nitrogens with one attached hydrogen (secondary N) is 1. The van der Waals surface area contributed by atoms with Gasteiger partial charge in [0.25, 0.3) is 0 Å². The van der Waals surface area contributed by atoms with Crippen molar-refractivity contribution in [2.24, 2.45) is 7.05 Å². The van der Waals surface area contributed by atoms with Gasteiger partial charge < -0.3 is 9.55 Å². The molecule has 1 unspecified atom stereocenters. The topological polar surface area (TPSA) is 64.3 Å². The fourth-order valence-electron chi connectivity index (χ4n) is 4.80. The van der Waals surface area contributed by atoms with Gasteiger partial charge in [0.1, 0.15) is 17.3 Å². The zero-order chi connectivity index (χ0) is 21.8.